The molecule has 0 aromatic heterocycles. The Balaban J connectivity index is 1.69. The molecule has 32 heavy (non-hydrogen) atoms. The Labute approximate surface area is 188 Å². The lowest BCUT2D eigenvalue weighted by Gasteiger charge is -2.35. The summed E-state index contributed by atoms with van der Waals surface area (Å²) in [5, 5.41) is 2.88. The number of carbonyl (C=O) groups excluding carboxylic acids is 1. The Morgan fingerprint density at radius 2 is 1.53 bits per heavy atom. The first-order chi connectivity index (χ1) is 15.1. The zero-order chi connectivity index (χ0) is 23.0. The van der Waals surface area contributed by atoms with Crippen LogP contribution in [0.1, 0.15) is 22.3 Å². The molecule has 3 aromatic carbocycles. The van der Waals surface area contributed by atoms with Crippen LogP contribution in [0.5, 0.6) is 5.75 Å². The van der Waals surface area contributed by atoms with Crippen molar-refractivity contribution in [2.75, 3.05) is 16.2 Å². The van der Waals surface area contributed by atoms with Crippen LogP contribution in [-0.4, -0.2) is 27.0 Å². The fourth-order valence-electron chi connectivity index (χ4n) is 3.73. The van der Waals surface area contributed by atoms with Crippen molar-refractivity contribution in [3.8, 4) is 5.75 Å². The van der Waals surface area contributed by atoms with Crippen LogP contribution in [0.4, 0.5) is 11.4 Å². The highest BCUT2D eigenvalue weighted by molar-refractivity contribution is 7.92. The number of amides is 1. The molecule has 1 aliphatic rings. The van der Waals surface area contributed by atoms with Gasteiger partial charge in [0.15, 0.2) is 6.10 Å². The molecule has 1 N–H and O–H groups in total. The quantitative estimate of drug-likeness (QED) is 0.634. The highest BCUT2D eigenvalue weighted by Gasteiger charge is 2.37. The van der Waals surface area contributed by atoms with Gasteiger partial charge in [0.1, 0.15) is 5.75 Å². The van der Waals surface area contributed by atoms with Gasteiger partial charge in [-0.05, 0) is 69.2 Å². The lowest BCUT2D eigenvalue weighted by atomic mass is 10.1. The monoisotopic (exact) mass is 450 g/mol. The number of fused-ring (bicyclic) bond motifs is 1. The van der Waals surface area contributed by atoms with E-state index in [9.17, 15) is 13.2 Å². The van der Waals surface area contributed by atoms with Crippen LogP contribution in [0.2, 0.25) is 0 Å². The van der Waals surface area contributed by atoms with Crippen LogP contribution in [0, 0.1) is 27.7 Å². The van der Waals surface area contributed by atoms with Crippen molar-refractivity contribution in [1.82, 2.24) is 0 Å². The van der Waals surface area contributed by atoms with E-state index in [0.717, 1.165) is 22.3 Å². The van der Waals surface area contributed by atoms with Crippen molar-refractivity contribution in [2.45, 2.75) is 38.7 Å². The van der Waals surface area contributed by atoms with E-state index >= 15 is 0 Å². The van der Waals surface area contributed by atoms with Crippen molar-refractivity contribution < 1.29 is 17.9 Å². The maximum Gasteiger partial charge on any atom is 0.267 e. The molecule has 166 valence electrons. The summed E-state index contributed by atoms with van der Waals surface area (Å²) < 4.78 is 34.3. The van der Waals surface area contributed by atoms with Gasteiger partial charge in [-0.3, -0.25) is 9.10 Å². The van der Waals surface area contributed by atoms with E-state index in [2.05, 4.69) is 5.32 Å². The number of anilines is 2. The summed E-state index contributed by atoms with van der Waals surface area (Å²) in [6.45, 7) is 7.56. The largest absolute Gasteiger partial charge is 0.476 e. The first kappa shape index (κ1) is 21.9. The second-order valence-electron chi connectivity index (χ2n) is 8.23. The molecule has 1 amide bonds. The highest BCUT2D eigenvalue weighted by atomic mass is 32.2. The molecule has 4 rings (SSSR count). The molecular formula is C25H26N2O4S. The molecular weight excluding hydrogens is 424 g/mol. The summed E-state index contributed by atoms with van der Waals surface area (Å²) in [6.07, 6.45) is -0.994. The molecule has 0 fully saturated rings. The number of sulfonamides is 1. The summed E-state index contributed by atoms with van der Waals surface area (Å²) in [7, 11) is -3.89. The summed E-state index contributed by atoms with van der Waals surface area (Å²) in [6, 6.07) is 17.7. The Bertz CT molecular complexity index is 1280. The van der Waals surface area contributed by atoms with Gasteiger partial charge in [0, 0.05) is 5.69 Å². The van der Waals surface area contributed by atoms with E-state index in [1.165, 1.54) is 4.31 Å². The predicted octanol–water partition coefficient (Wildman–Crippen LogP) is 4.52. The Morgan fingerprint density at radius 3 is 2.22 bits per heavy atom. The topological polar surface area (TPSA) is 75.7 Å². The van der Waals surface area contributed by atoms with Crippen LogP contribution in [-0.2, 0) is 14.8 Å². The molecule has 1 aliphatic heterocycles. The standard InChI is InChI=1S/C25H26N2O4S/c1-16-5-9-20(10-6-16)32(29,30)27-15-24(31-23-12-8-18(3)14-22(23)27)25(28)26-21-11-7-17(2)13-19(21)4/h5-14,24H,15H2,1-4H3,(H,26,28)/t24-/m0/s1. The Morgan fingerprint density at radius 1 is 0.906 bits per heavy atom. The second-order valence-corrected chi connectivity index (χ2v) is 10.1. The predicted molar refractivity (Wildman–Crippen MR) is 126 cm³/mol. The molecule has 6 nitrogen and oxygen atoms in total. The number of benzene rings is 3. The lowest BCUT2D eigenvalue weighted by Crippen LogP contribution is -2.48. The van der Waals surface area contributed by atoms with Crippen molar-refractivity contribution in [1.29, 1.82) is 0 Å². The number of aryl methyl sites for hydroxylation is 4. The third-order valence-corrected chi connectivity index (χ3v) is 7.32. The molecule has 0 radical (unpaired) electrons. The fourth-order valence-corrected chi connectivity index (χ4v) is 5.20. The van der Waals surface area contributed by atoms with Gasteiger partial charge in [0.05, 0.1) is 17.1 Å². The van der Waals surface area contributed by atoms with E-state index in [0.29, 0.717) is 17.1 Å². The Hall–Kier alpha value is -3.32. The van der Waals surface area contributed by atoms with Crippen molar-refractivity contribution in [2.24, 2.45) is 0 Å². The lowest BCUT2D eigenvalue weighted by molar-refractivity contribution is -0.122. The number of hydrogen-bond acceptors (Lipinski definition) is 4. The van der Waals surface area contributed by atoms with Crippen molar-refractivity contribution in [3.05, 3.63) is 82.9 Å². The minimum atomic E-state index is -3.89. The molecule has 0 saturated carbocycles. The maximum atomic E-state index is 13.5. The molecule has 0 aliphatic carbocycles. The zero-order valence-electron chi connectivity index (χ0n) is 18.5. The third-order valence-electron chi connectivity index (χ3n) is 5.53. The molecule has 0 bridgehead atoms. The highest BCUT2D eigenvalue weighted by Crippen LogP contribution is 2.38. The molecule has 0 spiro atoms. The molecule has 0 unspecified atom stereocenters. The number of carbonyl (C=O) groups is 1. The molecule has 3 aromatic rings. The van der Waals surface area contributed by atoms with Gasteiger partial charge in [-0.25, -0.2) is 8.42 Å². The summed E-state index contributed by atoms with van der Waals surface area (Å²) >= 11 is 0. The Kier molecular flexibility index (Phi) is 5.69. The van der Waals surface area contributed by atoms with Crippen LogP contribution in [0.3, 0.4) is 0 Å². The fraction of sp³-hybridized carbons (Fsp3) is 0.240. The van der Waals surface area contributed by atoms with Gasteiger partial charge in [-0.1, -0.05) is 41.5 Å². The average molecular weight is 451 g/mol. The van der Waals surface area contributed by atoms with E-state index in [1.54, 1.807) is 36.4 Å². The van der Waals surface area contributed by atoms with E-state index in [4.69, 9.17) is 4.74 Å². The molecule has 1 heterocycles. The van der Waals surface area contributed by atoms with Gasteiger partial charge in [0.25, 0.3) is 15.9 Å². The third kappa shape index (κ3) is 4.21. The van der Waals surface area contributed by atoms with Gasteiger partial charge >= 0.3 is 0 Å². The van der Waals surface area contributed by atoms with Gasteiger partial charge in [-0.2, -0.15) is 0 Å². The smallest absolute Gasteiger partial charge is 0.267 e. The summed E-state index contributed by atoms with van der Waals surface area (Å²) in [5.41, 5.74) is 4.99. The van der Waals surface area contributed by atoms with Gasteiger partial charge in [-0.15, -0.1) is 0 Å². The van der Waals surface area contributed by atoms with Gasteiger partial charge in [0.2, 0.25) is 0 Å². The van der Waals surface area contributed by atoms with E-state index in [1.807, 2.05) is 52.0 Å². The molecule has 0 saturated heterocycles. The second kappa shape index (κ2) is 8.31. The average Bonchev–Trinajstić information content (AvgIpc) is 2.75. The van der Waals surface area contributed by atoms with Crippen molar-refractivity contribution >= 4 is 27.3 Å². The normalized spacial score (nSPS) is 15.6. The van der Waals surface area contributed by atoms with Crippen LogP contribution in [0.25, 0.3) is 0 Å². The number of nitrogens with zero attached hydrogens (tertiary/aromatic N) is 1. The first-order valence-electron chi connectivity index (χ1n) is 10.4. The molecule has 7 heteroatoms. The number of rotatable bonds is 4. The summed E-state index contributed by atoms with van der Waals surface area (Å²) in [4.78, 5) is 13.2. The van der Waals surface area contributed by atoms with Crippen LogP contribution in [0.15, 0.2) is 65.6 Å². The van der Waals surface area contributed by atoms with E-state index < -0.39 is 22.0 Å². The van der Waals surface area contributed by atoms with Crippen LogP contribution >= 0.6 is 0 Å². The van der Waals surface area contributed by atoms with Gasteiger partial charge < -0.3 is 10.1 Å². The minimum absolute atomic E-state index is 0.122. The maximum absolute atomic E-state index is 13.5. The minimum Gasteiger partial charge on any atom is -0.476 e. The first-order valence-corrected chi connectivity index (χ1v) is 11.8. The number of hydrogen-bond donors (Lipinski definition) is 1. The SMILES string of the molecule is Cc1ccc(S(=O)(=O)N2C[C@@H](C(=O)Nc3ccc(C)cc3C)Oc3ccc(C)cc32)cc1. The van der Waals surface area contributed by atoms with Crippen LogP contribution < -0.4 is 14.4 Å². The zero-order valence-corrected chi connectivity index (χ0v) is 19.4. The number of nitrogens with one attached hydrogen (secondary N) is 1. The van der Waals surface area contributed by atoms with Crippen molar-refractivity contribution in [3.63, 3.8) is 0 Å². The molecule has 1 atom stereocenters. The number of ether oxygens (including phenoxy) is 1. The van der Waals surface area contributed by atoms with E-state index in [-0.39, 0.29) is 11.4 Å². The summed E-state index contributed by atoms with van der Waals surface area (Å²) in [5.74, 6) is -0.0365.